The van der Waals surface area contributed by atoms with Crippen molar-refractivity contribution in [2.75, 3.05) is 13.0 Å². The van der Waals surface area contributed by atoms with Gasteiger partial charge in [-0.3, -0.25) is 10.1 Å². The number of nitro benzene ring substituents is 1. The molecular formula is C11H10ClNO4. The van der Waals surface area contributed by atoms with E-state index in [1.54, 1.807) is 12.1 Å². The van der Waals surface area contributed by atoms with E-state index in [9.17, 15) is 14.9 Å². The Bertz CT molecular complexity index is 470. The van der Waals surface area contributed by atoms with Crippen molar-refractivity contribution in [1.29, 1.82) is 0 Å². The molecule has 0 aliphatic heterocycles. The summed E-state index contributed by atoms with van der Waals surface area (Å²) in [7, 11) is 1.22. The molecule has 17 heavy (non-hydrogen) atoms. The van der Waals surface area contributed by atoms with Crippen molar-refractivity contribution in [2.45, 2.75) is 0 Å². The molecule has 0 N–H and O–H groups in total. The van der Waals surface area contributed by atoms with Gasteiger partial charge in [-0.15, -0.1) is 11.6 Å². The van der Waals surface area contributed by atoms with Gasteiger partial charge in [-0.2, -0.15) is 0 Å². The lowest BCUT2D eigenvalue weighted by molar-refractivity contribution is -0.385. The number of rotatable bonds is 4. The van der Waals surface area contributed by atoms with Crippen LogP contribution in [0.1, 0.15) is 5.56 Å². The molecule has 1 aromatic carbocycles. The minimum Gasteiger partial charge on any atom is -0.466 e. The molecule has 1 rings (SSSR count). The monoisotopic (exact) mass is 255 g/mol. The van der Waals surface area contributed by atoms with Crippen LogP contribution in [-0.2, 0) is 9.53 Å². The average Bonchev–Trinajstić information content (AvgIpc) is 2.35. The number of halogens is 1. The molecule has 0 radical (unpaired) electrons. The number of carbonyl (C=O) groups is 1. The fraction of sp³-hybridized carbons (Fsp3) is 0.182. The van der Waals surface area contributed by atoms with Crippen LogP contribution < -0.4 is 0 Å². The molecule has 0 atom stereocenters. The second-order valence-corrected chi connectivity index (χ2v) is 3.38. The lowest BCUT2D eigenvalue weighted by Gasteiger charge is -2.02. The van der Waals surface area contributed by atoms with Crippen molar-refractivity contribution >= 4 is 29.3 Å². The van der Waals surface area contributed by atoms with E-state index in [1.807, 2.05) is 0 Å². The summed E-state index contributed by atoms with van der Waals surface area (Å²) < 4.78 is 4.51. The van der Waals surface area contributed by atoms with Gasteiger partial charge < -0.3 is 4.74 Å². The van der Waals surface area contributed by atoms with Gasteiger partial charge in [-0.25, -0.2) is 4.79 Å². The molecule has 0 fully saturated rings. The van der Waals surface area contributed by atoms with Crippen LogP contribution in [-0.4, -0.2) is 23.9 Å². The van der Waals surface area contributed by atoms with Crippen molar-refractivity contribution in [3.05, 3.63) is 45.5 Å². The number of para-hydroxylation sites is 1. The van der Waals surface area contributed by atoms with Gasteiger partial charge >= 0.3 is 5.97 Å². The third-order valence-electron chi connectivity index (χ3n) is 2.05. The van der Waals surface area contributed by atoms with Gasteiger partial charge in [-0.05, 0) is 12.1 Å². The van der Waals surface area contributed by atoms with E-state index >= 15 is 0 Å². The number of benzene rings is 1. The topological polar surface area (TPSA) is 69.4 Å². The summed E-state index contributed by atoms with van der Waals surface area (Å²) in [4.78, 5) is 21.5. The zero-order chi connectivity index (χ0) is 12.8. The summed E-state index contributed by atoms with van der Waals surface area (Å²) in [5.74, 6) is -0.670. The minimum atomic E-state index is -0.599. The molecule has 5 nitrogen and oxygen atoms in total. The number of hydrogen-bond acceptors (Lipinski definition) is 4. The number of methoxy groups -OCH3 is 1. The Morgan fingerprint density at radius 1 is 1.53 bits per heavy atom. The Morgan fingerprint density at radius 2 is 2.18 bits per heavy atom. The van der Waals surface area contributed by atoms with Crippen LogP contribution in [0.2, 0.25) is 0 Å². The molecule has 0 amide bonds. The van der Waals surface area contributed by atoms with Crippen LogP contribution in [0.4, 0.5) is 5.69 Å². The fourth-order valence-electron chi connectivity index (χ4n) is 1.25. The Balaban J connectivity index is 3.20. The van der Waals surface area contributed by atoms with Crippen LogP contribution in [0.25, 0.3) is 6.08 Å². The van der Waals surface area contributed by atoms with E-state index in [1.165, 1.54) is 25.3 Å². The third-order valence-corrected chi connectivity index (χ3v) is 2.34. The predicted octanol–water partition coefficient (Wildman–Crippen LogP) is 2.39. The number of nitro groups is 1. The number of hydrogen-bond donors (Lipinski definition) is 0. The molecule has 0 spiro atoms. The summed E-state index contributed by atoms with van der Waals surface area (Å²) in [6.45, 7) is 0. The molecule has 0 aliphatic carbocycles. The summed E-state index contributed by atoms with van der Waals surface area (Å²) in [6.07, 6.45) is 1.36. The van der Waals surface area contributed by atoms with Gasteiger partial charge in [0.2, 0.25) is 0 Å². The van der Waals surface area contributed by atoms with Gasteiger partial charge in [0.1, 0.15) is 0 Å². The maximum Gasteiger partial charge on any atom is 0.334 e. The number of nitrogens with zero attached hydrogens (tertiary/aromatic N) is 1. The Morgan fingerprint density at radius 3 is 2.71 bits per heavy atom. The molecule has 0 unspecified atom stereocenters. The highest BCUT2D eigenvalue weighted by molar-refractivity contribution is 6.23. The lowest BCUT2D eigenvalue weighted by atomic mass is 10.1. The molecule has 0 heterocycles. The van der Waals surface area contributed by atoms with Crippen LogP contribution in [0.15, 0.2) is 29.8 Å². The SMILES string of the molecule is COC(=O)/C(=C/c1ccccc1[N+](=O)[O-])CCl. The molecule has 0 aromatic heterocycles. The predicted molar refractivity (Wildman–Crippen MR) is 63.8 cm³/mol. The highest BCUT2D eigenvalue weighted by Crippen LogP contribution is 2.21. The van der Waals surface area contributed by atoms with Crippen molar-refractivity contribution < 1.29 is 14.5 Å². The van der Waals surface area contributed by atoms with Gasteiger partial charge in [-0.1, -0.05) is 12.1 Å². The molecule has 0 saturated heterocycles. The molecule has 0 saturated carbocycles. The van der Waals surface area contributed by atoms with Crippen molar-refractivity contribution in [1.82, 2.24) is 0 Å². The number of esters is 1. The number of ether oxygens (including phenoxy) is 1. The highest BCUT2D eigenvalue weighted by atomic mass is 35.5. The average molecular weight is 256 g/mol. The molecule has 90 valence electrons. The zero-order valence-electron chi connectivity index (χ0n) is 9.05. The second-order valence-electron chi connectivity index (χ2n) is 3.11. The molecule has 0 bridgehead atoms. The Labute approximate surface area is 103 Å². The number of carbonyl (C=O) groups excluding carboxylic acids is 1. The van der Waals surface area contributed by atoms with Gasteiger partial charge in [0.05, 0.1) is 29.0 Å². The van der Waals surface area contributed by atoms with Crippen LogP contribution in [0.3, 0.4) is 0 Å². The maximum absolute atomic E-state index is 11.3. The molecule has 1 aromatic rings. The summed E-state index contributed by atoms with van der Waals surface area (Å²) in [5.41, 5.74) is 0.404. The smallest absolute Gasteiger partial charge is 0.334 e. The fourth-order valence-corrected chi connectivity index (χ4v) is 1.43. The Hall–Kier alpha value is -1.88. The molecular weight excluding hydrogens is 246 g/mol. The lowest BCUT2D eigenvalue weighted by Crippen LogP contribution is -2.06. The first-order chi connectivity index (χ1) is 8.10. The standard InChI is InChI=1S/C11H10ClNO4/c1-17-11(14)9(7-12)6-8-4-2-3-5-10(8)13(15)16/h2-6H,7H2,1H3/b9-6+. The summed E-state index contributed by atoms with van der Waals surface area (Å²) >= 11 is 5.58. The first kappa shape index (κ1) is 13.2. The summed E-state index contributed by atoms with van der Waals surface area (Å²) in [6, 6.07) is 6.08. The maximum atomic E-state index is 11.3. The first-order valence-electron chi connectivity index (χ1n) is 4.68. The van der Waals surface area contributed by atoms with E-state index in [2.05, 4.69) is 4.74 Å². The first-order valence-corrected chi connectivity index (χ1v) is 5.22. The zero-order valence-corrected chi connectivity index (χ0v) is 9.81. The second kappa shape index (κ2) is 6.00. The van der Waals surface area contributed by atoms with Crippen LogP contribution in [0.5, 0.6) is 0 Å². The third kappa shape index (κ3) is 3.29. The van der Waals surface area contributed by atoms with Crippen LogP contribution >= 0.6 is 11.6 Å². The van der Waals surface area contributed by atoms with Crippen molar-refractivity contribution in [3.63, 3.8) is 0 Å². The minimum absolute atomic E-state index is 0.0707. The molecule has 6 heteroatoms. The van der Waals surface area contributed by atoms with E-state index in [0.29, 0.717) is 5.56 Å². The largest absolute Gasteiger partial charge is 0.466 e. The van der Waals surface area contributed by atoms with Gasteiger partial charge in [0, 0.05) is 6.07 Å². The Kier molecular flexibility index (Phi) is 4.66. The highest BCUT2D eigenvalue weighted by Gasteiger charge is 2.14. The van der Waals surface area contributed by atoms with E-state index < -0.39 is 10.9 Å². The van der Waals surface area contributed by atoms with E-state index in [-0.39, 0.29) is 17.1 Å². The van der Waals surface area contributed by atoms with Crippen molar-refractivity contribution in [3.8, 4) is 0 Å². The van der Waals surface area contributed by atoms with Gasteiger partial charge in [0.25, 0.3) is 5.69 Å². The van der Waals surface area contributed by atoms with Crippen LogP contribution in [0, 0.1) is 10.1 Å². The van der Waals surface area contributed by atoms with Crippen molar-refractivity contribution in [2.24, 2.45) is 0 Å². The van der Waals surface area contributed by atoms with Gasteiger partial charge in [0.15, 0.2) is 0 Å². The summed E-state index contributed by atoms with van der Waals surface area (Å²) in [5, 5.41) is 10.8. The number of alkyl halides is 1. The van der Waals surface area contributed by atoms with E-state index in [4.69, 9.17) is 11.6 Å². The molecule has 0 aliphatic rings. The van der Waals surface area contributed by atoms with E-state index in [0.717, 1.165) is 0 Å². The quantitative estimate of drug-likeness (QED) is 0.272. The normalized spacial score (nSPS) is 11.1.